The van der Waals surface area contributed by atoms with Crippen molar-refractivity contribution in [1.29, 1.82) is 0 Å². The summed E-state index contributed by atoms with van der Waals surface area (Å²) in [5, 5.41) is 0.723. The van der Waals surface area contributed by atoms with Gasteiger partial charge in [0.2, 0.25) is 10.0 Å². The lowest BCUT2D eigenvalue weighted by molar-refractivity contribution is 0.0981. The lowest BCUT2D eigenvalue weighted by atomic mass is 10.2. The minimum atomic E-state index is -3.66. The minimum absolute atomic E-state index is 0.110. The maximum absolute atomic E-state index is 11.9. The average Bonchev–Trinajstić information content (AvgIpc) is 2.49. The third-order valence-electron chi connectivity index (χ3n) is 2.82. The summed E-state index contributed by atoms with van der Waals surface area (Å²) in [5.41, 5.74) is 0.110. The first kappa shape index (κ1) is 18.4. The first-order valence-electron chi connectivity index (χ1n) is 6.52. The van der Waals surface area contributed by atoms with Gasteiger partial charge in [0.15, 0.2) is 11.5 Å². The first-order chi connectivity index (χ1) is 11.2. The third kappa shape index (κ3) is 4.77. The Labute approximate surface area is 149 Å². The molecule has 0 aromatic heterocycles. The maximum Gasteiger partial charge on any atom is 0.264 e. The molecular weight excluding hydrogens is 377 g/mol. The highest BCUT2D eigenvalue weighted by Crippen LogP contribution is 2.34. The van der Waals surface area contributed by atoms with E-state index in [1.807, 2.05) is 4.72 Å². The smallest absolute Gasteiger partial charge is 0.264 e. The molecule has 0 radical (unpaired) electrons. The van der Waals surface area contributed by atoms with Gasteiger partial charge < -0.3 is 9.47 Å². The van der Waals surface area contributed by atoms with Gasteiger partial charge in [-0.15, -0.1) is 0 Å². The fraction of sp³-hybridized carbons (Fsp3) is 0.133. The van der Waals surface area contributed by atoms with Crippen molar-refractivity contribution in [3.8, 4) is 17.2 Å². The zero-order valence-electron chi connectivity index (χ0n) is 12.7. The van der Waals surface area contributed by atoms with E-state index in [9.17, 15) is 13.2 Å². The Bertz CT molecular complexity index is 883. The summed E-state index contributed by atoms with van der Waals surface area (Å²) < 4.78 is 35.0. The number of ether oxygens (including phenoxy) is 2. The van der Waals surface area contributed by atoms with Crippen LogP contribution in [-0.2, 0) is 10.0 Å². The van der Waals surface area contributed by atoms with E-state index in [0.29, 0.717) is 21.5 Å². The molecule has 24 heavy (non-hydrogen) atoms. The van der Waals surface area contributed by atoms with Crippen LogP contribution in [0.25, 0.3) is 0 Å². The molecule has 9 heteroatoms. The Kier molecular flexibility index (Phi) is 5.58. The molecule has 0 saturated heterocycles. The standard InChI is InChI=1S/C15H13Cl2NO5S/c1-22-14-7-9(15(19)18-24(2,20)21)3-6-13(14)23-10-4-5-11(16)12(17)8-10/h3-8H,1-2H3,(H,18,19). The van der Waals surface area contributed by atoms with Gasteiger partial charge >= 0.3 is 0 Å². The summed E-state index contributed by atoms with van der Waals surface area (Å²) in [6.45, 7) is 0. The molecule has 0 aliphatic heterocycles. The third-order valence-corrected chi connectivity index (χ3v) is 4.12. The fourth-order valence-corrected chi connectivity index (χ4v) is 2.53. The molecular formula is C15H13Cl2NO5S. The number of methoxy groups -OCH3 is 1. The second kappa shape index (κ2) is 7.29. The highest BCUT2D eigenvalue weighted by Gasteiger charge is 2.15. The van der Waals surface area contributed by atoms with E-state index in [1.54, 1.807) is 12.1 Å². The molecule has 128 valence electrons. The molecule has 2 rings (SSSR count). The topological polar surface area (TPSA) is 81.7 Å². The number of hydrogen-bond acceptors (Lipinski definition) is 5. The SMILES string of the molecule is COc1cc(C(=O)NS(C)(=O)=O)ccc1Oc1ccc(Cl)c(Cl)c1. The fourth-order valence-electron chi connectivity index (χ4n) is 1.79. The van der Waals surface area contributed by atoms with Crippen molar-refractivity contribution in [3.63, 3.8) is 0 Å². The number of carbonyl (C=O) groups excluding carboxylic acids is 1. The first-order valence-corrected chi connectivity index (χ1v) is 9.17. The molecule has 2 aromatic rings. The Balaban J connectivity index is 2.28. The van der Waals surface area contributed by atoms with Gasteiger partial charge in [-0.3, -0.25) is 4.79 Å². The predicted octanol–water partition coefficient (Wildman–Crippen LogP) is 3.48. The number of nitrogens with one attached hydrogen (secondary N) is 1. The molecule has 6 nitrogen and oxygen atoms in total. The van der Waals surface area contributed by atoms with Gasteiger partial charge in [-0.05, 0) is 30.3 Å². The van der Waals surface area contributed by atoms with E-state index in [2.05, 4.69) is 0 Å². The van der Waals surface area contributed by atoms with Crippen molar-refractivity contribution in [1.82, 2.24) is 4.72 Å². The zero-order valence-corrected chi connectivity index (χ0v) is 15.0. The quantitative estimate of drug-likeness (QED) is 0.846. The summed E-state index contributed by atoms with van der Waals surface area (Å²) in [4.78, 5) is 11.9. The van der Waals surface area contributed by atoms with E-state index in [-0.39, 0.29) is 11.3 Å². The lowest BCUT2D eigenvalue weighted by Crippen LogP contribution is -2.29. The zero-order chi connectivity index (χ0) is 17.9. The molecule has 0 unspecified atom stereocenters. The van der Waals surface area contributed by atoms with E-state index in [4.69, 9.17) is 32.7 Å². The van der Waals surface area contributed by atoms with Gasteiger partial charge in [-0.2, -0.15) is 0 Å². The minimum Gasteiger partial charge on any atom is -0.493 e. The molecule has 0 aliphatic carbocycles. The van der Waals surface area contributed by atoms with Gasteiger partial charge in [-0.1, -0.05) is 23.2 Å². The van der Waals surface area contributed by atoms with E-state index >= 15 is 0 Å². The van der Waals surface area contributed by atoms with Crippen LogP contribution in [0.5, 0.6) is 17.2 Å². The van der Waals surface area contributed by atoms with Crippen LogP contribution in [0.1, 0.15) is 10.4 Å². The Morgan fingerprint density at radius 2 is 1.75 bits per heavy atom. The molecule has 1 amide bonds. The number of carbonyl (C=O) groups is 1. The Morgan fingerprint density at radius 1 is 1.04 bits per heavy atom. The largest absolute Gasteiger partial charge is 0.493 e. The van der Waals surface area contributed by atoms with Crippen LogP contribution in [-0.4, -0.2) is 27.7 Å². The monoisotopic (exact) mass is 389 g/mol. The molecule has 0 aliphatic rings. The van der Waals surface area contributed by atoms with Crippen LogP contribution in [0.3, 0.4) is 0 Å². The molecule has 1 N–H and O–H groups in total. The van der Waals surface area contributed by atoms with Gasteiger partial charge in [-0.25, -0.2) is 13.1 Å². The van der Waals surface area contributed by atoms with Gasteiger partial charge in [0.25, 0.3) is 5.91 Å². The molecule has 0 atom stereocenters. The molecule has 0 heterocycles. The van der Waals surface area contributed by atoms with Crippen molar-refractivity contribution in [2.24, 2.45) is 0 Å². The second-order valence-electron chi connectivity index (χ2n) is 4.75. The maximum atomic E-state index is 11.9. The summed E-state index contributed by atoms with van der Waals surface area (Å²) in [6, 6.07) is 9.01. The number of amides is 1. The Hall–Kier alpha value is -1.96. The van der Waals surface area contributed by atoms with Crippen LogP contribution in [0.15, 0.2) is 36.4 Å². The van der Waals surface area contributed by atoms with E-state index in [1.165, 1.54) is 31.4 Å². The van der Waals surface area contributed by atoms with Gasteiger partial charge in [0.1, 0.15) is 5.75 Å². The van der Waals surface area contributed by atoms with Crippen molar-refractivity contribution >= 4 is 39.1 Å². The Morgan fingerprint density at radius 3 is 2.33 bits per heavy atom. The lowest BCUT2D eigenvalue weighted by Gasteiger charge is -2.12. The predicted molar refractivity (Wildman–Crippen MR) is 91.8 cm³/mol. The second-order valence-corrected chi connectivity index (χ2v) is 7.31. The van der Waals surface area contributed by atoms with Crippen LogP contribution in [0.2, 0.25) is 10.0 Å². The van der Waals surface area contributed by atoms with Gasteiger partial charge in [0.05, 0.1) is 23.4 Å². The summed E-state index contributed by atoms with van der Waals surface area (Å²) in [6.07, 6.45) is 0.893. The van der Waals surface area contributed by atoms with Crippen LogP contribution in [0.4, 0.5) is 0 Å². The number of halogens is 2. The highest BCUT2D eigenvalue weighted by atomic mass is 35.5. The summed E-state index contributed by atoms with van der Waals surface area (Å²) >= 11 is 11.8. The van der Waals surface area contributed by atoms with E-state index < -0.39 is 15.9 Å². The van der Waals surface area contributed by atoms with Crippen LogP contribution in [0, 0.1) is 0 Å². The van der Waals surface area contributed by atoms with E-state index in [0.717, 1.165) is 6.26 Å². The highest BCUT2D eigenvalue weighted by molar-refractivity contribution is 7.89. The average molecular weight is 390 g/mol. The number of sulfonamides is 1. The number of rotatable bonds is 5. The van der Waals surface area contributed by atoms with Crippen molar-refractivity contribution in [2.75, 3.05) is 13.4 Å². The number of benzene rings is 2. The molecule has 0 bridgehead atoms. The van der Waals surface area contributed by atoms with Crippen LogP contribution >= 0.6 is 23.2 Å². The molecule has 0 fully saturated rings. The van der Waals surface area contributed by atoms with Crippen LogP contribution < -0.4 is 14.2 Å². The van der Waals surface area contributed by atoms with Crippen molar-refractivity contribution in [2.45, 2.75) is 0 Å². The normalized spacial score (nSPS) is 11.0. The molecule has 0 spiro atoms. The summed E-state index contributed by atoms with van der Waals surface area (Å²) in [7, 11) is -2.26. The van der Waals surface area contributed by atoms with Crippen molar-refractivity contribution < 1.29 is 22.7 Å². The van der Waals surface area contributed by atoms with Gasteiger partial charge in [0, 0.05) is 11.6 Å². The van der Waals surface area contributed by atoms with Crippen molar-refractivity contribution in [3.05, 3.63) is 52.0 Å². The molecule has 2 aromatic carbocycles. The summed E-state index contributed by atoms with van der Waals surface area (Å²) in [5.74, 6) is 0.238. The number of hydrogen-bond donors (Lipinski definition) is 1. The molecule has 0 saturated carbocycles.